The third kappa shape index (κ3) is 4.76. The Hall–Kier alpha value is -4.58. The molecule has 0 N–H and O–H groups in total. The molecule has 5 aromatic rings. The van der Waals surface area contributed by atoms with Crippen molar-refractivity contribution in [1.29, 1.82) is 0 Å². The minimum atomic E-state index is -0.333. The fraction of sp³-hybridized carbons (Fsp3) is 0.0714. The van der Waals surface area contributed by atoms with E-state index in [0.717, 1.165) is 27.8 Å². The van der Waals surface area contributed by atoms with Crippen LogP contribution in [-0.4, -0.2) is 26.2 Å². The minimum absolute atomic E-state index is 0.213. The van der Waals surface area contributed by atoms with Crippen LogP contribution in [0.5, 0.6) is 0 Å². The van der Waals surface area contributed by atoms with Gasteiger partial charge < -0.3 is 4.74 Å². The van der Waals surface area contributed by atoms with Gasteiger partial charge in [0.25, 0.3) is 0 Å². The first-order valence-corrected chi connectivity index (χ1v) is 11.0. The molecule has 6 nitrogen and oxygen atoms in total. The Morgan fingerprint density at radius 3 is 2.09 bits per heavy atom. The predicted octanol–water partition coefficient (Wildman–Crippen LogP) is 5.41. The third-order valence-electron chi connectivity index (χ3n) is 5.52. The molecule has 0 saturated heterocycles. The Bertz CT molecular complexity index is 1380. The van der Waals surface area contributed by atoms with Gasteiger partial charge in [-0.2, -0.15) is 0 Å². The van der Waals surface area contributed by atoms with E-state index in [2.05, 4.69) is 33.7 Å². The Kier molecular flexibility index (Phi) is 6.21. The maximum absolute atomic E-state index is 12.2. The highest BCUT2D eigenvalue weighted by Crippen LogP contribution is 2.31. The second-order valence-electron chi connectivity index (χ2n) is 7.83. The zero-order chi connectivity index (χ0) is 23.2. The zero-order valence-corrected chi connectivity index (χ0v) is 18.4. The molecule has 0 bridgehead atoms. The molecule has 0 saturated carbocycles. The minimum Gasteiger partial charge on any atom is -0.457 e. The van der Waals surface area contributed by atoms with Crippen LogP contribution in [0.4, 0.5) is 0 Å². The summed E-state index contributed by atoms with van der Waals surface area (Å²) in [6.45, 7) is 0.800. The summed E-state index contributed by atoms with van der Waals surface area (Å²) in [4.78, 5) is 12.2. The number of nitrogens with zero attached hydrogens (tertiary/aromatic N) is 4. The molecule has 34 heavy (non-hydrogen) atoms. The van der Waals surface area contributed by atoms with Crippen LogP contribution in [0.15, 0.2) is 109 Å². The molecule has 0 amide bonds. The van der Waals surface area contributed by atoms with Crippen LogP contribution in [0.25, 0.3) is 22.5 Å². The normalized spacial score (nSPS) is 10.7. The fourth-order valence-corrected chi connectivity index (χ4v) is 3.78. The van der Waals surface area contributed by atoms with Gasteiger partial charge in [-0.3, -0.25) is 0 Å². The second kappa shape index (κ2) is 9.92. The number of aromatic nitrogens is 4. The fourth-order valence-electron chi connectivity index (χ4n) is 3.78. The van der Waals surface area contributed by atoms with E-state index in [9.17, 15) is 4.79 Å². The van der Waals surface area contributed by atoms with Gasteiger partial charge in [0.05, 0.1) is 12.1 Å². The van der Waals surface area contributed by atoms with Gasteiger partial charge in [-0.15, -0.1) is 5.10 Å². The van der Waals surface area contributed by atoms with Crippen molar-refractivity contribution in [3.8, 4) is 22.5 Å². The second-order valence-corrected chi connectivity index (χ2v) is 7.83. The number of ether oxygens (including phenoxy) is 1. The molecule has 6 heteroatoms. The van der Waals surface area contributed by atoms with Crippen molar-refractivity contribution < 1.29 is 9.53 Å². The lowest BCUT2D eigenvalue weighted by atomic mass is 9.98. The van der Waals surface area contributed by atoms with Crippen LogP contribution >= 0.6 is 0 Å². The number of benzene rings is 4. The van der Waals surface area contributed by atoms with Gasteiger partial charge in [0.1, 0.15) is 6.61 Å². The number of esters is 1. The van der Waals surface area contributed by atoms with Crippen molar-refractivity contribution in [3.05, 3.63) is 126 Å². The Morgan fingerprint density at radius 1 is 0.706 bits per heavy atom. The maximum Gasteiger partial charge on any atom is 0.338 e. The van der Waals surface area contributed by atoms with Gasteiger partial charge >= 0.3 is 5.97 Å². The van der Waals surface area contributed by atoms with Crippen LogP contribution in [-0.2, 0) is 17.9 Å². The maximum atomic E-state index is 12.2. The van der Waals surface area contributed by atoms with Crippen molar-refractivity contribution in [2.45, 2.75) is 13.2 Å². The lowest BCUT2D eigenvalue weighted by Gasteiger charge is -2.11. The predicted molar refractivity (Wildman–Crippen MR) is 130 cm³/mol. The van der Waals surface area contributed by atoms with Crippen LogP contribution in [0, 0.1) is 0 Å². The summed E-state index contributed by atoms with van der Waals surface area (Å²) >= 11 is 0. The first-order valence-electron chi connectivity index (χ1n) is 11.0. The smallest absolute Gasteiger partial charge is 0.338 e. The van der Waals surface area contributed by atoms with Crippen molar-refractivity contribution in [2.75, 3.05) is 0 Å². The quantitative estimate of drug-likeness (QED) is 0.313. The molecule has 166 valence electrons. The summed E-state index contributed by atoms with van der Waals surface area (Å²) in [6, 6.07) is 35.2. The summed E-state index contributed by atoms with van der Waals surface area (Å²) in [5, 5.41) is 12.4. The highest BCUT2D eigenvalue weighted by atomic mass is 16.5. The molecule has 0 aliphatic carbocycles. The van der Waals surface area contributed by atoms with E-state index in [1.54, 1.807) is 12.1 Å². The van der Waals surface area contributed by atoms with Crippen molar-refractivity contribution in [3.63, 3.8) is 0 Å². The topological polar surface area (TPSA) is 69.9 Å². The number of carbonyl (C=O) groups excluding carboxylic acids is 1. The van der Waals surface area contributed by atoms with Crippen LogP contribution in [0.2, 0.25) is 0 Å². The van der Waals surface area contributed by atoms with Crippen molar-refractivity contribution >= 4 is 5.97 Å². The molecule has 4 aromatic carbocycles. The summed E-state index contributed by atoms with van der Waals surface area (Å²) in [7, 11) is 0. The van der Waals surface area contributed by atoms with Gasteiger partial charge in [-0.25, -0.2) is 9.48 Å². The van der Waals surface area contributed by atoms with E-state index in [1.165, 1.54) is 0 Å². The number of rotatable bonds is 7. The van der Waals surface area contributed by atoms with E-state index in [1.807, 2.05) is 83.5 Å². The molecule has 1 aromatic heterocycles. The number of hydrogen-bond acceptors (Lipinski definition) is 5. The van der Waals surface area contributed by atoms with Gasteiger partial charge in [0, 0.05) is 5.56 Å². The molecular formula is C28H22N4O2. The molecular weight excluding hydrogens is 424 g/mol. The molecule has 0 aliphatic heterocycles. The number of tetrazole rings is 1. The average Bonchev–Trinajstić information content (AvgIpc) is 3.36. The van der Waals surface area contributed by atoms with Crippen LogP contribution in [0.1, 0.15) is 21.5 Å². The summed E-state index contributed by atoms with van der Waals surface area (Å²) in [5.41, 5.74) is 5.60. The summed E-state index contributed by atoms with van der Waals surface area (Å²) in [5.74, 6) is 0.376. The summed E-state index contributed by atoms with van der Waals surface area (Å²) in [6.07, 6.45) is 0. The number of hydrogen-bond donors (Lipinski definition) is 0. The first-order chi connectivity index (χ1) is 16.8. The standard InChI is InChI=1S/C28H22N4O2/c33-28(24-11-5-2-6-12-24)34-20-22-15-17-23(18-16-22)25-13-7-8-14-26(25)27-29-30-31-32(27)19-21-9-3-1-4-10-21/h1-18H,19-20H2. The Labute approximate surface area is 197 Å². The monoisotopic (exact) mass is 446 g/mol. The van der Waals surface area contributed by atoms with Crippen molar-refractivity contribution in [2.24, 2.45) is 0 Å². The van der Waals surface area contributed by atoms with Gasteiger partial charge in [-0.05, 0) is 44.8 Å². The molecule has 0 radical (unpaired) electrons. The van der Waals surface area contributed by atoms with Crippen LogP contribution < -0.4 is 0 Å². The molecule has 0 unspecified atom stereocenters. The van der Waals surface area contributed by atoms with E-state index >= 15 is 0 Å². The van der Waals surface area contributed by atoms with E-state index in [4.69, 9.17) is 4.74 Å². The molecule has 5 rings (SSSR count). The van der Waals surface area contributed by atoms with Gasteiger partial charge in [-0.1, -0.05) is 97.1 Å². The molecule has 0 spiro atoms. The first kappa shape index (κ1) is 21.3. The largest absolute Gasteiger partial charge is 0.457 e. The average molecular weight is 447 g/mol. The highest BCUT2D eigenvalue weighted by molar-refractivity contribution is 5.89. The van der Waals surface area contributed by atoms with Gasteiger partial charge in [0.2, 0.25) is 0 Å². The Balaban J connectivity index is 1.35. The molecule has 0 aliphatic rings. The lowest BCUT2D eigenvalue weighted by Crippen LogP contribution is -2.05. The van der Waals surface area contributed by atoms with E-state index in [-0.39, 0.29) is 12.6 Å². The Morgan fingerprint density at radius 2 is 1.35 bits per heavy atom. The molecule has 1 heterocycles. The SMILES string of the molecule is O=C(OCc1ccc(-c2ccccc2-c2nnnn2Cc2ccccc2)cc1)c1ccccc1. The molecule has 0 fully saturated rings. The van der Waals surface area contributed by atoms with E-state index < -0.39 is 0 Å². The third-order valence-corrected chi connectivity index (χ3v) is 5.52. The van der Waals surface area contributed by atoms with E-state index in [0.29, 0.717) is 17.9 Å². The van der Waals surface area contributed by atoms with Gasteiger partial charge in [0.15, 0.2) is 5.82 Å². The van der Waals surface area contributed by atoms with Crippen LogP contribution in [0.3, 0.4) is 0 Å². The number of carbonyl (C=O) groups is 1. The molecule has 0 atom stereocenters. The summed E-state index contributed by atoms with van der Waals surface area (Å²) < 4.78 is 7.26. The van der Waals surface area contributed by atoms with Crippen molar-refractivity contribution in [1.82, 2.24) is 20.2 Å². The zero-order valence-electron chi connectivity index (χ0n) is 18.4. The lowest BCUT2D eigenvalue weighted by molar-refractivity contribution is 0.0472. The highest BCUT2D eigenvalue weighted by Gasteiger charge is 2.15.